The van der Waals surface area contributed by atoms with Gasteiger partial charge in [-0.1, -0.05) is 12.1 Å². The number of benzene rings is 2. The number of imidazole rings is 1. The smallest absolute Gasteiger partial charge is 0.226 e. The van der Waals surface area contributed by atoms with Gasteiger partial charge in [0.2, 0.25) is 5.91 Å². The van der Waals surface area contributed by atoms with E-state index in [1.54, 1.807) is 25.2 Å². The number of methoxy groups -OCH3 is 1. The Morgan fingerprint density at radius 2 is 1.88 bits per heavy atom. The van der Waals surface area contributed by atoms with Gasteiger partial charge in [0, 0.05) is 22.9 Å². The first-order valence-electron chi connectivity index (χ1n) is 8.35. The molecular weight excluding hydrogens is 346 g/mol. The van der Waals surface area contributed by atoms with E-state index in [9.17, 15) is 4.79 Å². The number of aromatic nitrogens is 2. The molecule has 4 rings (SSSR count). The topological polar surface area (TPSA) is 56.1 Å². The zero-order valence-electron chi connectivity index (χ0n) is 14.6. The van der Waals surface area contributed by atoms with Crippen LogP contribution in [0.15, 0.2) is 59.8 Å². The second-order valence-corrected chi connectivity index (χ2v) is 7.00. The van der Waals surface area contributed by atoms with Gasteiger partial charge in [0.1, 0.15) is 17.9 Å². The number of carbonyl (C=O) groups excluding carboxylic acids is 1. The Morgan fingerprint density at radius 1 is 1.15 bits per heavy atom. The molecule has 1 N–H and O–H groups in total. The molecular formula is C20H19N3O2S. The van der Waals surface area contributed by atoms with Crippen LogP contribution in [0, 0.1) is 0 Å². The molecule has 0 bridgehead atoms. The van der Waals surface area contributed by atoms with Gasteiger partial charge in [-0.25, -0.2) is 4.98 Å². The highest BCUT2D eigenvalue weighted by Gasteiger charge is 2.30. The van der Waals surface area contributed by atoms with Gasteiger partial charge in [-0.3, -0.25) is 9.36 Å². The maximum Gasteiger partial charge on any atom is 0.226 e. The number of fused-ring (bicyclic) bond motifs is 1. The van der Waals surface area contributed by atoms with Crippen molar-refractivity contribution in [2.75, 3.05) is 18.7 Å². The highest BCUT2D eigenvalue weighted by molar-refractivity contribution is 7.98. The molecule has 0 saturated carbocycles. The minimum absolute atomic E-state index is 0.00621. The molecule has 1 aliphatic heterocycles. The summed E-state index contributed by atoms with van der Waals surface area (Å²) in [6.45, 7) is 0. The second kappa shape index (κ2) is 6.88. The van der Waals surface area contributed by atoms with Gasteiger partial charge < -0.3 is 10.1 Å². The summed E-state index contributed by atoms with van der Waals surface area (Å²) in [5, 5.41) is 2.98. The summed E-state index contributed by atoms with van der Waals surface area (Å²) in [7, 11) is 1.64. The zero-order chi connectivity index (χ0) is 18.1. The van der Waals surface area contributed by atoms with Crippen molar-refractivity contribution in [1.82, 2.24) is 9.55 Å². The molecule has 1 aromatic heterocycles. The lowest BCUT2D eigenvalue weighted by molar-refractivity contribution is -0.116. The van der Waals surface area contributed by atoms with Crippen molar-refractivity contribution >= 4 is 23.5 Å². The maximum absolute atomic E-state index is 12.3. The molecule has 0 saturated heterocycles. The molecule has 6 heteroatoms. The van der Waals surface area contributed by atoms with Crippen LogP contribution in [-0.2, 0) is 4.79 Å². The van der Waals surface area contributed by atoms with E-state index in [2.05, 4.69) is 40.8 Å². The summed E-state index contributed by atoms with van der Waals surface area (Å²) in [5.41, 5.74) is 2.94. The summed E-state index contributed by atoms with van der Waals surface area (Å²) >= 11 is 1.71. The molecule has 132 valence electrons. The summed E-state index contributed by atoms with van der Waals surface area (Å²) in [5.74, 6) is 1.50. The van der Waals surface area contributed by atoms with Crippen molar-refractivity contribution in [3.05, 3.63) is 66.1 Å². The van der Waals surface area contributed by atoms with Crippen LogP contribution >= 0.6 is 11.8 Å². The Kier molecular flexibility index (Phi) is 4.42. The van der Waals surface area contributed by atoms with E-state index in [0.717, 1.165) is 28.5 Å². The highest BCUT2D eigenvalue weighted by atomic mass is 32.2. The Morgan fingerprint density at radius 3 is 2.54 bits per heavy atom. The predicted molar refractivity (Wildman–Crippen MR) is 103 cm³/mol. The van der Waals surface area contributed by atoms with Crippen LogP contribution in [0.5, 0.6) is 5.75 Å². The van der Waals surface area contributed by atoms with Gasteiger partial charge in [-0.05, 0) is 48.2 Å². The number of carbonyl (C=O) groups is 1. The van der Waals surface area contributed by atoms with Crippen molar-refractivity contribution in [3.8, 4) is 11.4 Å². The number of thioether (sulfide) groups is 1. The molecule has 1 atom stereocenters. The number of ether oxygens (including phenoxy) is 1. The zero-order valence-corrected chi connectivity index (χ0v) is 15.4. The van der Waals surface area contributed by atoms with E-state index in [0.29, 0.717) is 6.42 Å². The number of anilines is 1. The summed E-state index contributed by atoms with van der Waals surface area (Å²) < 4.78 is 7.13. The lowest BCUT2D eigenvalue weighted by Gasteiger charge is -2.23. The van der Waals surface area contributed by atoms with E-state index in [-0.39, 0.29) is 11.8 Å². The van der Waals surface area contributed by atoms with E-state index in [1.165, 1.54) is 4.90 Å². The van der Waals surface area contributed by atoms with Gasteiger partial charge in [0.05, 0.1) is 12.8 Å². The first-order valence-corrected chi connectivity index (χ1v) is 9.57. The molecule has 1 aliphatic rings. The fourth-order valence-corrected chi connectivity index (χ4v) is 3.67. The van der Waals surface area contributed by atoms with Crippen molar-refractivity contribution < 1.29 is 9.53 Å². The molecule has 0 unspecified atom stereocenters. The first-order chi connectivity index (χ1) is 12.7. The standard InChI is InChI=1S/C20H19N3O2S/c1-25-15-7-5-14(6-8-15)23-12-21-19-17(11-18(24)22-20(19)23)13-3-9-16(26-2)10-4-13/h3-10,12,17H,11H2,1-2H3,(H,22,24)/t17-/m0/s1. The van der Waals surface area contributed by atoms with Gasteiger partial charge in [-0.2, -0.15) is 0 Å². The SMILES string of the molecule is COc1ccc(-n2cnc3c2NC(=O)C[C@H]3c2ccc(SC)cc2)cc1. The highest BCUT2D eigenvalue weighted by Crippen LogP contribution is 2.37. The number of hydrogen-bond donors (Lipinski definition) is 1. The molecule has 0 radical (unpaired) electrons. The number of nitrogens with one attached hydrogen (secondary N) is 1. The summed E-state index contributed by atoms with van der Waals surface area (Å²) in [6.07, 6.45) is 4.23. The molecule has 0 fully saturated rings. The van der Waals surface area contributed by atoms with Gasteiger partial charge in [0.25, 0.3) is 0 Å². The molecule has 5 nitrogen and oxygen atoms in total. The van der Waals surface area contributed by atoms with Crippen LogP contribution in [-0.4, -0.2) is 28.8 Å². The number of hydrogen-bond acceptors (Lipinski definition) is 4. The van der Waals surface area contributed by atoms with E-state index in [4.69, 9.17) is 4.74 Å². The quantitative estimate of drug-likeness (QED) is 0.708. The lowest BCUT2D eigenvalue weighted by Crippen LogP contribution is -2.24. The Labute approximate surface area is 156 Å². The number of nitrogens with zero attached hydrogens (tertiary/aromatic N) is 2. The van der Waals surface area contributed by atoms with Crippen LogP contribution < -0.4 is 10.1 Å². The van der Waals surface area contributed by atoms with Crippen molar-refractivity contribution in [2.24, 2.45) is 0 Å². The van der Waals surface area contributed by atoms with Crippen LogP contribution in [0.2, 0.25) is 0 Å². The predicted octanol–water partition coefficient (Wildman–Crippen LogP) is 4.08. The van der Waals surface area contributed by atoms with Gasteiger partial charge in [-0.15, -0.1) is 11.8 Å². The average molecular weight is 365 g/mol. The molecule has 26 heavy (non-hydrogen) atoms. The van der Waals surface area contributed by atoms with Crippen LogP contribution in [0.1, 0.15) is 23.6 Å². The third-order valence-corrected chi connectivity index (χ3v) is 5.39. The third kappa shape index (κ3) is 2.97. The third-order valence-electron chi connectivity index (χ3n) is 4.64. The van der Waals surface area contributed by atoms with Crippen molar-refractivity contribution in [1.29, 1.82) is 0 Å². The van der Waals surface area contributed by atoms with E-state index >= 15 is 0 Å². The fourth-order valence-electron chi connectivity index (χ4n) is 3.26. The van der Waals surface area contributed by atoms with Crippen LogP contribution in [0.4, 0.5) is 5.82 Å². The molecule has 2 aromatic carbocycles. The second-order valence-electron chi connectivity index (χ2n) is 6.12. The lowest BCUT2D eigenvalue weighted by atomic mass is 9.90. The van der Waals surface area contributed by atoms with Crippen LogP contribution in [0.25, 0.3) is 5.69 Å². The molecule has 0 aliphatic carbocycles. The number of rotatable bonds is 4. The summed E-state index contributed by atoms with van der Waals surface area (Å²) in [6, 6.07) is 16.0. The average Bonchev–Trinajstić information content (AvgIpc) is 3.11. The minimum Gasteiger partial charge on any atom is -0.497 e. The Hall–Kier alpha value is -2.73. The molecule has 2 heterocycles. The summed E-state index contributed by atoms with van der Waals surface area (Å²) in [4.78, 5) is 18.2. The monoisotopic (exact) mass is 365 g/mol. The first kappa shape index (κ1) is 16.7. The largest absolute Gasteiger partial charge is 0.497 e. The molecule has 1 amide bonds. The van der Waals surface area contributed by atoms with Crippen molar-refractivity contribution in [3.63, 3.8) is 0 Å². The van der Waals surface area contributed by atoms with Gasteiger partial charge in [0.15, 0.2) is 0 Å². The Bertz CT molecular complexity index is 933. The maximum atomic E-state index is 12.3. The molecule has 0 spiro atoms. The minimum atomic E-state index is -0.0332. The van der Waals surface area contributed by atoms with Crippen LogP contribution in [0.3, 0.4) is 0 Å². The van der Waals surface area contributed by atoms with Gasteiger partial charge >= 0.3 is 0 Å². The van der Waals surface area contributed by atoms with E-state index < -0.39 is 0 Å². The van der Waals surface area contributed by atoms with Crippen molar-refractivity contribution in [2.45, 2.75) is 17.2 Å². The van der Waals surface area contributed by atoms with E-state index in [1.807, 2.05) is 28.8 Å². The Balaban J connectivity index is 1.74. The number of amides is 1. The molecule has 3 aromatic rings. The fraction of sp³-hybridized carbons (Fsp3) is 0.200. The normalized spacial score (nSPS) is 16.1.